The number of aromatic hydroxyl groups is 2. The highest BCUT2D eigenvalue weighted by Crippen LogP contribution is 2.44. The number of benzene rings is 14. The number of hydrogen-bond acceptors (Lipinski definition) is 14. The van der Waals surface area contributed by atoms with Crippen LogP contribution in [0.2, 0.25) is 0 Å². The van der Waals surface area contributed by atoms with E-state index in [1.165, 1.54) is 48.5 Å². The molecule has 1 aliphatic carbocycles. The summed E-state index contributed by atoms with van der Waals surface area (Å²) in [5, 5.41) is 85.1. The van der Waals surface area contributed by atoms with Crippen molar-refractivity contribution in [1.29, 1.82) is 0 Å². The second kappa shape index (κ2) is 23.9. The van der Waals surface area contributed by atoms with Gasteiger partial charge in [0, 0.05) is 94.3 Å². The van der Waals surface area contributed by atoms with E-state index in [0.717, 1.165) is 64.6 Å². The van der Waals surface area contributed by atoms with Crippen LogP contribution in [0.5, 0.6) is 23.0 Å². The number of non-ortho nitro benzene ring substituents is 2. The van der Waals surface area contributed by atoms with Gasteiger partial charge in [0.1, 0.15) is 23.0 Å². The topological polar surface area (TPSA) is 253 Å². The molecule has 0 saturated heterocycles. The van der Waals surface area contributed by atoms with Gasteiger partial charge in [0.25, 0.3) is 23.2 Å². The van der Waals surface area contributed by atoms with Crippen molar-refractivity contribution in [3.8, 4) is 23.0 Å². The van der Waals surface area contributed by atoms with Gasteiger partial charge in [-0.3, -0.25) is 29.8 Å². The van der Waals surface area contributed by atoms with Crippen molar-refractivity contribution in [2.75, 3.05) is 23.8 Å². The molecule has 2 amide bonds. The van der Waals surface area contributed by atoms with E-state index in [9.17, 15) is 40.0 Å². The van der Waals surface area contributed by atoms with E-state index in [4.69, 9.17) is 9.47 Å². The van der Waals surface area contributed by atoms with Gasteiger partial charge in [-0.1, -0.05) is 133 Å². The minimum absolute atomic E-state index is 0.0207. The van der Waals surface area contributed by atoms with Crippen molar-refractivity contribution in [2.45, 2.75) is 25.7 Å². The Balaban J connectivity index is 0.826. The molecule has 0 saturated carbocycles. The van der Waals surface area contributed by atoms with Gasteiger partial charge in [-0.25, -0.2) is 0 Å². The molecule has 1 aliphatic rings. The number of anilines is 2. The van der Waals surface area contributed by atoms with Gasteiger partial charge in [-0.2, -0.15) is 20.5 Å². The molecule has 0 radical (unpaired) electrons. The van der Waals surface area contributed by atoms with Crippen LogP contribution in [0.4, 0.5) is 45.5 Å². The van der Waals surface area contributed by atoms with E-state index in [-0.39, 0.29) is 48.6 Å². The van der Waals surface area contributed by atoms with Crippen molar-refractivity contribution in [3.05, 3.63) is 283 Å². The number of nitro benzene ring substituents is 2. The van der Waals surface area contributed by atoms with Gasteiger partial charge in [0.15, 0.2) is 13.2 Å². The number of amides is 2. The second-order valence-corrected chi connectivity index (χ2v) is 23.3. The Kier molecular flexibility index (Phi) is 14.7. The van der Waals surface area contributed by atoms with Crippen molar-refractivity contribution in [1.82, 2.24) is 0 Å². The monoisotopic (exact) mass is 1240 g/mol. The highest BCUT2D eigenvalue weighted by atomic mass is 16.6. The van der Waals surface area contributed by atoms with Crippen molar-refractivity contribution < 1.29 is 39.1 Å². The van der Waals surface area contributed by atoms with Gasteiger partial charge < -0.3 is 30.3 Å². The minimum Gasteiger partial charge on any atom is -0.507 e. The zero-order chi connectivity index (χ0) is 64.1. The average Bonchev–Trinajstić information content (AvgIpc) is 0.759. The molecule has 8 bridgehead atoms. The summed E-state index contributed by atoms with van der Waals surface area (Å²) >= 11 is 0. The molecular weight excluding hydrogens is 1180 g/mol. The number of nitrogens with one attached hydrogen (secondary N) is 2. The first-order valence-corrected chi connectivity index (χ1v) is 30.2. The van der Waals surface area contributed by atoms with E-state index in [1.807, 2.05) is 97.1 Å². The molecule has 0 atom stereocenters. The van der Waals surface area contributed by atoms with Crippen molar-refractivity contribution in [2.24, 2.45) is 20.5 Å². The summed E-state index contributed by atoms with van der Waals surface area (Å²) < 4.78 is 13.4. The van der Waals surface area contributed by atoms with Crippen LogP contribution < -0.4 is 20.1 Å². The van der Waals surface area contributed by atoms with Crippen molar-refractivity contribution >= 4 is 122 Å². The van der Waals surface area contributed by atoms with Crippen molar-refractivity contribution in [3.63, 3.8) is 0 Å². The predicted octanol–water partition coefficient (Wildman–Crippen LogP) is 18.3. The summed E-state index contributed by atoms with van der Waals surface area (Å²) in [5.41, 5.74) is 6.12. The third kappa shape index (κ3) is 11.1. The Hall–Kier alpha value is -12.7. The van der Waals surface area contributed by atoms with Crippen LogP contribution in [0, 0.1) is 20.2 Å². The largest absolute Gasteiger partial charge is 0.507 e. The highest BCUT2D eigenvalue weighted by molar-refractivity contribution is 6.27. The lowest BCUT2D eigenvalue weighted by Gasteiger charge is -2.21. The lowest BCUT2D eigenvalue weighted by molar-refractivity contribution is -0.385. The smallest absolute Gasteiger partial charge is 0.269 e. The Labute approximate surface area is 534 Å². The molecule has 0 heterocycles. The lowest BCUT2D eigenvalue weighted by Crippen LogP contribution is -2.21. The summed E-state index contributed by atoms with van der Waals surface area (Å²) in [6.07, 6.45) is 0.0829. The normalized spacial score (nSPS) is 12.4. The molecule has 14 aromatic carbocycles. The number of fused-ring (bicyclic) bond motifs is 8. The van der Waals surface area contributed by atoms with Gasteiger partial charge in [-0.05, 0) is 137 Å². The maximum absolute atomic E-state index is 14.4. The van der Waals surface area contributed by atoms with Crippen LogP contribution in [0.25, 0.3) is 64.6 Å². The van der Waals surface area contributed by atoms with E-state index in [2.05, 4.69) is 79.6 Å². The van der Waals surface area contributed by atoms with Crippen LogP contribution in [0.1, 0.15) is 44.5 Å². The molecule has 18 heteroatoms. The Morgan fingerprint density at radius 2 is 0.670 bits per heavy atom. The number of phenols is 2. The van der Waals surface area contributed by atoms with E-state index >= 15 is 0 Å². The number of carbonyl (C=O) groups excluding carboxylic acids is 2. The van der Waals surface area contributed by atoms with Crippen LogP contribution in [0.15, 0.2) is 239 Å². The molecule has 0 unspecified atom stereocenters. The van der Waals surface area contributed by atoms with Gasteiger partial charge in [-0.15, -0.1) is 0 Å². The Morgan fingerprint density at radius 1 is 0.372 bits per heavy atom. The lowest BCUT2D eigenvalue weighted by atomic mass is 9.91. The summed E-state index contributed by atoms with van der Waals surface area (Å²) in [4.78, 5) is 50.9. The second-order valence-electron chi connectivity index (χ2n) is 23.3. The maximum atomic E-state index is 14.4. The van der Waals surface area contributed by atoms with Gasteiger partial charge in [0.2, 0.25) is 0 Å². The number of para-hydroxylation sites is 2. The third-order valence-electron chi connectivity index (χ3n) is 17.4. The Morgan fingerprint density at radius 3 is 1.01 bits per heavy atom. The maximum Gasteiger partial charge on any atom is 0.269 e. The molecule has 18 nitrogen and oxygen atoms in total. The molecule has 15 rings (SSSR count). The molecule has 0 spiro atoms. The zero-order valence-electron chi connectivity index (χ0n) is 49.9. The summed E-state index contributed by atoms with van der Waals surface area (Å²) in [7, 11) is 0. The quantitative estimate of drug-likeness (QED) is 0.0347. The van der Waals surface area contributed by atoms with E-state index < -0.39 is 34.9 Å². The Bertz CT molecular complexity index is 5020. The number of ether oxygens (including phenoxy) is 2. The number of phenolic OH excluding ortho intramolecular Hbond substituents is 2. The fourth-order valence-corrected chi connectivity index (χ4v) is 13.0. The minimum atomic E-state index is -0.501. The van der Waals surface area contributed by atoms with Crippen LogP contribution in [0.3, 0.4) is 0 Å². The molecule has 0 fully saturated rings. The SMILES string of the molecule is O=C(COc1c2cccc1Cc1cc(N=Nc3ccc([N+](=O)[O-])cc3)cc(c1O)Cc1cccc(c1OCC(=O)Nc1ccc3ccc4cccc5ccc1c3c45)Cc1cc(N=Nc3ccc([N+](=O)[O-])cc3)cc(c1O)C2)Nc1ccc2ccc3cccc4ccc1c2c34. The van der Waals surface area contributed by atoms with E-state index in [0.29, 0.717) is 90.1 Å². The summed E-state index contributed by atoms with van der Waals surface area (Å²) in [6.45, 7) is -0.886. The number of rotatable bonds is 14. The van der Waals surface area contributed by atoms with Crippen LogP contribution >= 0.6 is 0 Å². The van der Waals surface area contributed by atoms with Crippen LogP contribution in [-0.2, 0) is 35.3 Å². The highest BCUT2D eigenvalue weighted by Gasteiger charge is 2.25. The first-order chi connectivity index (χ1) is 45.8. The third-order valence-corrected chi connectivity index (χ3v) is 17.4. The average molecular weight is 1240 g/mol. The fourth-order valence-electron chi connectivity index (χ4n) is 13.0. The van der Waals surface area contributed by atoms with Gasteiger partial charge in [0.05, 0.1) is 32.6 Å². The standard InChI is InChI=1S/C76H52N8O10/c85-67(77-65-31-19-47-15-13-43-5-1-7-45-17-29-63(65)71(47)69(43)45)41-93-75-49-9-3-10-50(75)34-54-38-60(82-80-58-23-27-62(28-24-58)84(91)92)40-56(74(54)88)36-52-12-4-11-51(35-55-39-59(37-53(33-49)73(55)87)81-79-57-21-25-61(26-22-57)83(89)90)76(52)94-42-68(86)78-66-32-20-48-16-14-44-6-2-8-46-18-30-64(66)72(48)70(44)46/h1-32,37-40,87-88H,33-36,41-42H2,(H,77,85)(H,78,86). The summed E-state index contributed by atoms with van der Waals surface area (Å²) in [6, 6.07) is 65.4. The molecule has 4 N–H and O–H groups in total. The van der Waals surface area contributed by atoms with Gasteiger partial charge >= 0.3 is 0 Å². The molecule has 0 aromatic heterocycles. The first-order valence-electron chi connectivity index (χ1n) is 30.2. The molecule has 14 aromatic rings. The first kappa shape index (κ1) is 57.7. The fraction of sp³-hybridized carbons (Fsp3) is 0.0789. The number of hydrogen-bond donors (Lipinski definition) is 4. The number of carbonyl (C=O) groups is 2. The summed E-state index contributed by atoms with van der Waals surface area (Å²) in [5.74, 6) is -0.450. The molecular formula is C76H52N8O10. The number of azo groups is 2. The molecule has 456 valence electrons. The molecule has 0 aliphatic heterocycles. The van der Waals surface area contributed by atoms with E-state index in [1.54, 1.807) is 24.3 Å². The number of nitrogens with zero attached hydrogens (tertiary/aromatic N) is 6. The predicted molar refractivity (Wildman–Crippen MR) is 363 cm³/mol. The molecule has 94 heavy (non-hydrogen) atoms. The zero-order valence-corrected chi connectivity index (χ0v) is 49.9. The van der Waals surface area contributed by atoms with Crippen LogP contribution in [-0.4, -0.2) is 45.1 Å². The number of nitro groups is 2.